The van der Waals surface area contributed by atoms with E-state index in [1.54, 1.807) is 50.2 Å². The SMILES string of the molecule is CC(C)C(=O)Nc1cccc(Oc2cncc(Nc3ccc(I)cc3F)c2C(N)=O)c1. The maximum absolute atomic E-state index is 14.3. The Labute approximate surface area is 192 Å². The van der Waals surface area contributed by atoms with Crippen molar-refractivity contribution in [3.05, 3.63) is 69.8 Å². The zero-order chi connectivity index (χ0) is 22.5. The minimum Gasteiger partial charge on any atom is -0.455 e. The summed E-state index contributed by atoms with van der Waals surface area (Å²) in [7, 11) is 0. The highest BCUT2D eigenvalue weighted by molar-refractivity contribution is 14.1. The first-order valence-electron chi connectivity index (χ1n) is 9.33. The van der Waals surface area contributed by atoms with Crippen LogP contribution in [0.15, 0.2) is 54.9 Å². The summed E-state index contributed by atoms with van der Waals surface area (Å²) in [6.45, 7) is 3.57. The summed E-state index contributed by atoms with van der Waals surface area (Å²) in [5, 5.41) is 5.63. The maximum Gasteiger partial charge on any atom is 0.254 e. The quantitative estimate of drug-likeness (QED) is 0.368. The average Bonchev–Trinajstić information content (AvgIpc) is 2.70. The molecule has 9 heteroatoms. The van der Waals surface area contributed by atoms with Crippen LogP contribution in [0, 0.1) is 15.3 Å². The number of benzene rings is 2. The van der Waals surface area contributed by atoms with Gasteiger partial charge in [-0.2, -0.15) is 0 Å². The topological polar surface area (TPSA) is 106 Å². The Kier molecular flexibility index (Phi) is 7.06. The number of nitrogens with zero attached hydrogens (tertiary/aromatic N) is 1. The van der Waals surface area contributed by atoms with Crippen LogP contribution in [-0.4, -0.2) is 16.8 Å². The number of carbonyl (C=O) groups excluding carboxylic acids is 2. The number of aromatic nitrogens is 1. The molecule has 7 nitrogen and oxygen atoms in total. The predicted octanol–water partition coefficient (Wildman–Crippen LogP) is 5.05. The molecule has 4 N–H and O–H groups in total. The van der Waals surface area contributed by atoms with Gasteiger partial charge in [-0.25, -0.2) is 4.39 Å². The van der Waals surface area contributed by atoms with Crippen molar-refractivity contribution in [2.45, 2.75) is 13.8 Å². The Morgan fingerprint density at radius 2 is 1.90 bits per heavy atom. The van der Waals surface area contributed by atoms with Gasteiger partial charge >= 0.3 is 0 Å². The van der Waals surface area contributed by atoms with Crippen molar-refractivity contribution < 1.29 is 18.7 Å². The van der Waals surface area contributed by atoms with Crippen molar-refractivity contribution in [1.29, 1.82) is 0 Å². The van der Waals surface area contributed by atoms with Crippen LogP contribution in [0.4, 0.5) is 21.5 Å². The Bertz CT molecular complexity index is 1140. The highest BCUT2D eigenvalue weighted by Crippen LogP contribution is 2.32. The fourth-order valence-electron chi connectivity index (χ4n) is 2.65. The van der Waals surface area contributed by atoms with E-state index in [2.05, 4.69) is 15.6 Å². The second kappa shape index (κ2) is 9.73. The van der Waals surface area contributed by atoms with Crippen molar-refractivity contribution >= 4 is 51.5 Å². The lowest BCUT2D eigenvalue weighted by molar-refractivity contribution is -0.118. The van der Waals surface area contributed by atoms with Crippen LogP contribution in [0.3, 0.4) is 0 Å². The largest absolute Gasteiger partial charge is 0.455 e. The minimum atomic E-state index is -0.768. The lowest BCUT2D eigenvalue weighted by atomic mass is 10.1. The number of ether oxygens (including phenoxy) is 1. The van der Waals surface area contributed by atoms with Crippen molar-refractivity contribution in [1.82, 2.24) is 4.98 Å². The molecule has 31 heavy (non-hydrogen) atoms. The first-order chi connectivity index (χ1) is 14.7. The molecule has 0 atom stereocenters. The second-order valence-electron chi connectivity index (χ2n) is 6.95. The molecule has 0 aliphatic carbocycles. The van der Waals surface area contributed by atoms with E-state index < -0.39 is 11.7 Å². The second-order valence-corrected chi connectivity index (χ2v) is 8.19. The minimum absolute atomic E-state index is 0.0181. The van der Waals surface area contributed by atoms with Gasteiger partial charge in [0.2, 0.25) is 5.91 Å². The summed E-state index contributed by atoms with van der Waals surface area (Å²) in [4.78, 5) is 28.2. The molecule has 0 spiro atoms. The van der Waals surface area contributed by atoms with Crippen LogP contribution in [0.2, 0.25) is 0 Å². The van der Waals surface area contributed by atoms with E-state index in [1.165, 1.54) is 18.5 Å². The number of nitrogens with one attached hydrogen (secondary N) is 2. The van der Waals surface area contributed by atoms with E-state index in [9.17, 15) is 14.0 Å². The number of anilines is 3. The smallest absolute Gasteiger partial charge is 0.254 e. The maximum atomic E-state index is 14.3. The number of carbonyl (C=O) groups is 2. The Hall–Kier alpha value is -3.21. The van der Waals surface area contributed by atoms with E-state index in [1.807, 2.05) is 22.6 Å². The lowest BCUT2D eigenvalue weighted by Gasteiger charge is -2.15. The molecule has 3 aromatic rings. The standard InChI is InChI=1S/C22H20FIN4O3/c1-12(2)22(30)27-14-4-3-5-15(9-14)31-19-11-26-10-18(20(19)21(25)29)28-17-7-6-13(24)8-16(17)23/h3-12,28H,1-2H3,(H2,25,29)(H,27,30). The van der Waals surface area contributed by atoms with E-state index in [-0.39, 0.29) is 34.5 Å². The summed E-state index contributed by atoms with van der Waals surface area (Å²) in [5.74, 6) is -1.11. The molecule has 2 amide bonds. The Morgan fingerprint density at radius 3 is 2.58 bits per heavy atom. The molecule has 2 aromatic carbocycles. The number of rotatable bonds is 7. The molecule has 1 aromatic heterocycles. The molecular formula is C22H20FIN4O3. The van der Waals surface area contributed by atoms with Gasteiger partial charge in [0.1, 0.15) is 17.1 Å². The van der Waals surface area contributed by atoms with Gasteiger partial charge in [-0.3, -0.25) is 14.6 Å². The zero-order valence-electron chi connectivity index (χ0n) is 16.8. The van der Waals surface area contributed by atoms with Crippen molar-refractivity contribution in [3.63, 3.8) is 0 Å². The van der Waals surface area contributed by atoms with Crippen LogP contribution in [-0.2, 0) is 4.79 Å². The summed E-state index contributed by atoms with van der Waals surface area (Å²) in [6, 6.07) is 11.3. The molecule has 0 radical (unpaired) electrons. The van der Waals surface area contributed by atoms with Crippen LogP contribution in [0.5, 0.6) is 11.5 Å². The highest BCUT2D eigenvalue weighted by atomic mass is 127. The van der Waals surface area contributed by atoms with Gasteiger partial charge in [0.25, 0.3) is 5.91 Å². The fourth-order valence-corrected chi connectivity index (χ4v) is 3.11. The van der Waals surface area contributed by atoms with Crippen molar-refractivity contribution in [2.75, 3.05) is 10.6 Å². The number of hydrogen-bond donors (Lipinski definition) is 3. The molecule has 0 aliphatic rings. The average molecular weight is 534 g/mol. The third-order valence-corrected chi connectivity index (χ3v) is 4.88. The number of amides is 2. The monoisotopic (exact) mass is 534 g/mol. The fraction of sp³-hybridized carbons (Fsp3) is 0.136. The lowest BCUT2D eigenvalue weighted by Crippen LogP contribution is -2.17. The Balaban J connectivity index is 1.91. The molecule has 0 saturated carbocycles. The normalized spacial score (nSPS) is 10.6. The highest BCUT2D eigenvalue weighted by Gasteiger charge is 2.18. The summed E-state index contributed by atoms with van der Waals surface area (Å²) in [5.41, 5.74) is 6.51. The Morgan fingerprint density at radius 1 is 1.13 bits per heavy atom. The van der Waals surface area contributed by atoms with Gasteiger partial charge in [0, 0.05) is 21.2 Å². The van der Waals surface area contributed by atoms with E-state index in [4.69, 9.17) is 10.5 Å². The number of hydrogen-bond acceptors (Lipinski definition) is 5. The predicted molar refractivity (Wildman–Crippen MR) is 125 cm³/mol. The zero-order valence-corrected chi connectivity index (χ0v) is 18.9. The molecule has 1 heterocycles. The third-order valence-electron chi connectivity index (χ3n) is 4.21. The number of pyridine rings is 1. The van der Waals surface area contributed by atoms with Gasteiger partial charge in [0.05, 0.1) is 23.8 Å². The summed E-state index contributed by atoms with van der Waals surface area (Å²) in [6.07, 6.45) is 2.71. The van der Waals surface area contributed by atoms with Gasteiger partial charge in [-0.05, 0) is 52.9 Å². The van der Waals surface area contributed by atoms with Crippen molar-refractivity contribution in [2.24, 2.45) is 11.7 Å². The van der Waals surface area contributed by atoms with Crippen LogP contribution < -0.4 is 21.1 Å². The molecule has 0 saturated heterocycles. The first-order valence-corrected chi connectivity index (χ1v) is 10.4. The molecule has 0 bridgehead atoms. The van der Waals surface area contributed by atoms with E-state index in [0.717, 1.165) is 3.57 Å². The summed E-state index contributed by atoms with van der Waals surface area (Å²) >= 11 is 2.00. The van der Waals surface area contributed by atoms with Gasteiger partial charge in [-0.1, -0.05) is 19.9 Å². The van der Waals surface area contributed by atoms with Gasteiger partial charge in [-0.15, -0.1) is 0 Å². The van der Waals surface area contributed by atoms with Crippen LogP contribution in [0.1, 0.15) is 24.2 Å². The molecule has 3 rings (SSSR count). The van der Waals surface area contributed by atoms with Gasteiger partial charge in [0.15, 0.2) is 5.75 Å². The van der Waals surface area contributed by atoms with Crippen LogP contribution >= 0.6 is 22.6 Å². The molecule has 0 unspecified atom stereocenters. The van der Waals surface area contributed by atoms with Crippen LogP contribution in [0.25, 0.3) is 0 Å². The molecule has 0 fully saturated rings. The van der Waals surface area contributed by atoms with Crippen molar-refractivity contribution in [3.8, 4) is 11.5 Å². The number of primary amides is 1. The molecular weight excluding hydrogens is 514 g/mol. The van der Waals surface area contributed by atoms with E-state index >= 15 is 0 Å². The third kappa shape index (κ3) is 5.69. The van der Waals surface area contributed by atoms with E-state index in [0.29, 0.717) is 11.4 Å². The summed E-state index contributed by atoms with van der Waals surface area (Å²) < 4.78 is 20.8. The van der Waals surface area contributed by atoms with Gasteiger partial charge < -0.3 is 21.1 Å². The first kappa shape index (κ1) is 22.5. The number of halogens is 2. The molecule has 160 valence electrons. The number of nitrogens with two attached hydrogens (primary N) is 1. The molecule has 0 aliphatic heterocycles.